The second kappa shape index (κ2) is 5.64. The highest BCUT2D eigenvalue weighted by molar-refractivity contribution is 7.21. The standard InChI is InChI=1S/C16H23N3OS/c1-9-8-10(2)19-15-11(9)12(17)13(21-15)14(20)18-7-6-16(3,4)5/h8H,6-7,17H2,1-5H3,(H,18,20). The second-order valence-electron chi connectivity index (χ2n) is 6.67. The van der Waals surface area contributed by atoms with Gasteiger partial charge in [-0.2, -0.15) is 0 Å². The summed E-state index contributed by atoms with van der Waals surface area (Å²) in [7, 11) is 0. The van der Waals surface area contributed by atoms with Crippen LogP contribution >= 0.6 is 11.3 Å². The number of fused-ring (bicyclic) bond motifs is 1. The smallest absolute Gasteiger partial charge is 0.263 e. The van der Waals surface area contributed by atoms with Crippen LogP contribution in [0.3, 0.4) is 0 Å². The van der Waals surface area contributed by atoms with Gasteiger partial charge >= 0.3 is 0 Å². The average molecular weight is 305 g/mol. The summed E-state index contributed by atoms with van der Waals surface area (Å²) in [6, 6.07) is 1.99. The van der Waals surface area contributed by atoms with Crippen LogP contribution in [-0.4, -0.2) is 17.4 Å². The van der Waals surface area contributed by atoms with Gasteiger partial charge in [0.05, 0.1) is 5.69 Å². The number of nitrogens with one attached hydrogen (secondary N) is 1. The quantitative estimate of drug-likeness (QED) is 0.909. The molecular formula is C16H23N3OS. The topological polar surface area (TPSA) is 68.0 Å². The Labute approximate surface area is 129 Å². The fraction of sp³-hybridized carbons (Fsp3) is 0.500. The van der Waals surface area contributed by atoms with Crippen LogP contribution in [0.4, 0.5) is 5.69 Å². The predicted molar refractivity (Wildman–Crippen MR) is 89.9 cm³/mol. The lowest BCUT2D eigenvalue weighted by Crippen LogP contribution is -2.27. The van der Waals surface area contributed by atoms with Gasteiger partial charge in [-0.25, -0.2) is 4.98 Å². The Bertz CT molecular complexity index is 683. The number of rotatable bonds is 3. The van der Waals surface area contributed by atoms with Crippen LogP contribution in [0.2, 0.25) is 0 Å². The molecule has 0 aliphatic carbocycles. The molecule has 3 N–H and O–H groups in total. The molecular weight excluding hydrogens is 282 g/mol. The zero-order chi connectivity index (χ0) is 15.8. The molecule has 0 radical (unpaired) electrons. The van der Waals surface area contributed by atoms with E-state index < -0.39 is 0 Å². The van der Waals surface area contributed by atoms with E-state index in [1.54, 1.807) is 0 Å². The predicted octanol–water partition coefficient (Wildman–Crippen LogP) is 3.66. The molecule has 0 saturated carbocycles. The number of hydrogen-bond acceptors (Lipinski definition) is 4. The van der Waals surface area contributed by atoms with E-state index >= 15 is 0 Å². The summed E-state index contributed by atoms with van der Waals surface area (Å²) in [5.41, 5.74) is 8.92. The Balaban J connectivity index is 2.24. The average Bonchev–Trinajstić information content (AvgIpc) is 2.64. The Kier molecular flexibility index (Phi) is 4.23. The fourth-order valence-corrected chi connectivity index (χ4v) is 3.40. The summed E-state index contributed by atoms with van der Waals surface area (Å²) in [6.07, 6.45) is 0.930. The van der Waals surface area contributed by atoms with Crippen molar-refractivity contribution in [1.29, 1.82) is 0 Å². The number of thiophene rings is 1. The van der Waals surface area contributed by atoms with E-state index in [9.17, 15) is 4.79 Å². The molecule has 0 aliphatic rings. The van der Waals surface area contributed by atoms with Crippen molar-refractivity contribution in [3.8, 4) is 0 Å². The SMILES string of the molecule is Cc1cc(C)c2c(N)c(C(=O)NCCC(C)(C)C)sc2n1. The van der Waals surface area contributed by atoms with Crippen molar-refractivity contribution in [3.05, 3.63) is 22.2 Å². The van der Waals surface area contributed by atoms with Crippen LogP contribution < -0.4 is 11.1 Å². The van der Waals surface area contributed by atoms with Crippen molar-refractivity contribution in [3.63, 3.8) is 0 Å². The number of nitrogens with two attached hydrogens (primary N) is 1. The monoisotopic (exact) mass is 305 g/mol. The van der Waals surface area contributed by atoms with Crippen LogP contribution in [-0.2, 0) is 0 Å². The van der Waals surface area contributed by atoms with Gasteiger partial charge < -0.3 is 11.1 Å². The van der Waals surface area contributed by atoms with Crippen molar-refractivity contribution in [2.45, 2.75) is 41.0 Å². The van der Waals surface area contributed by atoms with Gasteiger partial charge in [-0.3, -0.25) is 4.79 Å². The molecule has 0 unspecified atom stereocenters. The van der Waals surface area contributed by atoms with Crippen LogP contribution in [0, 0.1) is 19.3 Å². The number of anilines is 1. The molecule has 1 amide bonds. The minimum Gasteiger partial charge on any atom is -0.397 e. The van der Waals surface area contributed by atoms with E-state index in [-0.39, 0.29) is 11.3 Å². The fourth-order valence-electron chi connectivity index (χ4n) is 2.27. The third kappa shape index (κ3) is 3.53. The van der Waals surface area contributed by atoms with Gasteiger partial charge in [-0.15, -0.1) is 11.3 Å². The lowest BCUT2D eigenvalue weighted by atomic mass is 9.92. The van der Waals surface area contributed by atoms with Crippen LogP contribution in [0.15, 0.2) is 6.07 Å². The van der Waals surface area contributed by atoms with Crippen molar-refractivity contribution in [2.75, 3.05) is 12.3 Å². The van der Waals surface area contributed by atoms with Crippen LogP contribution in [0.5, 0.6) is 0 Å². The number of nitrogen functional groups attached to an aromatic ring is 1. The first-order valence-corrected chi connectivity index (χ1v) is 7.95. The molecule has 0 bridgehead atoms. The van der Waals surface area contributed by atoms with Gasteiger partial charge in [0.15, 0.2) is 0 Å². The Morgan fingerprint density at radius 2 is 2.05 bits per heavy atom. The lowest BCUT2D eigenvalue weighted by molar-refractivity contribution is 0.0954. The summed E-state index contributed by atoms with van der Waals surface area (Å²) in [6.45, 7) is 11.1. The maximum atomic E-state index is 12.3. The van der Waals surface area contributed by atoms with Gasteiger partial charge in [0, 0.05) is 17.6 Å². The number of aromatic nitrogens is 1. The zero-order valence-electron chi connectivity index (χ0n) is 13.3. The van der Waals surface area contributed by atoms with Crippen molar-refractivity contribution < 1.29 is 4.79 Å². The molecule has 5 heteroatoms. The molecule has 2 rings (SSSR count). The van der Waals surface area contributed by atoms with E-state index in [4.69, 9.17) is 5.73 Å². The third-order valence-corrected chi connectivity index (χ3v) is 4.49. The minimum atomic E-state index is -0.100. The van der Waals surface area contributed by atoms with Gasteiger partial charge in [0.1, 0.15) is 9.71 Å². The molecule has 114 valence electrons. The van der Waals surface area contributed by atoms with Crippen LogP contribution in [0.1, 0.15) is 48.1 Å². The minimum absolute atomic E-state index is 0.100. The lowest BCUT2D eigenvalue weighted by Gasteiger charge is -2.17. The van der Waals surface area contributed by atoms with Gasteiger partial charge in [0.25, 0.3) is 5.91 Å². The molecule has 0 aromatic carbocycles. The molecule has 21 heavy (non-hydrogen) atoms. The first-order valence-electron chi connectivity index (χ1n) is 7.13. The van der Waals surface area contributed by atoms with Crippen LogP contribution in [0.25, 0.3) is 10.2 Å². The Morgan fingerprint density at radius 3 is 2.67 bits per heavy atom. The second-order valence-corrected chi connectivity index (χ2v) is 7.67. The molecule has 0 aliphatic heterocycles. The number of amides is 1. The number of carbonyl (C=O) groups excluding carboxylic acids is 1. The maximum absolute atomic E-state index is 12.3. The zero-order valence-corrected chi connectivity index (χ0v) is 14.1. The first kappa shape index (κ1) is 15.8. The molecule has 2 aromatic heterocycles. The maximum Gasteiger partial charge on any atom is 0.263 e. The van der Waals surface area contributed by atoms with Gasteiger partial charge in [0.2, 0.25) is 0 Å². The number of aryl methyl sites for hydroxylation is 2. The molecule has 2 heterocycles. The number of hydrogen-bond donors (Lipinski definition) is 2. The number of nitrogens with zero attached hydrogens (tertiary/aromatic N) is 1. The first-order chi connectivity index (χ1) is 9.69. The summed E-state index contributed by atoms with van der Waals surface area (Å²) >= 11 is 1.37. The Hall–Kier alpha value is -1.62. The summed E-state index contributed by atoms with van der Waals surface area (Å²) in [4.78, 5) is 18.2. The van der Waals surface area contributed by atoms with E-state index in [1.165, 1.54) is 11.3 Å². The van der Waals surface area contributed by atoms with E-state index in [1.807, 2.05) is 19.9 Å². The highest BCUT2D eigenvalue weighted by Crippen LogP contribution is 2.34. The molecule has 2 aromatic rings. The third-order valence-electron chi connectivity index (χ3n) is 3.39. The highest BCUT2D eigenvalue weighted by Gasteiger charge is 2.19. The molecule has 0 saturated heterocycles. The molecule has 0 spiro atoms. The summed E-state index contributed by atoms with van der Waals surface area (Å²) in [5.74, 6) is -0.100. The highest BCUT2D eigenvalue weighted by atomic mass is 32.1. The van der Waals surface area contributed by atoms with Gasteiger partial charge in [-0.05, 0) is 37.3 Å². The summed E-state index contributed by atoms with van der Waals surface area (Å²) in [5, 5.41) is 3.86. The van der Waals surface area contributed by atoms with E-state index in [0.717, 1.165) is 27.9 Å². The molecule has 0 fully saturated rings. The normalized spacial score (nSPS) is 11.9. The number of pyridine rings is 1. The molecule has 4 nitrogen and oxygen atoms in total. The number of carbonyl (C=O) groups is 1. The van der Waals surface area contributed by atoms with Crippen molar-refractivity contribution in [2.24, 2.45) is 5.41 Å². The van der Waals surface area contributed by atoms with Gasteiger partial charge in [-0.1, -0.05) is 20.8 Å². The molecule has 0 atom stereocenters. The largest absolute Gasteiger partial charge is 0.397 e. The van der Waals surface area contributed by atoms with Crippen molar-refractivity contribution >= 4 is 33.1 Å². The van der Waals surface area contributed by atoms with Crippen molar-refractivity contribution in [1.82, 2.24) is 10.3 Å². The summed E-state index contributed by atoms with van der Waals surface area (Å²) < 4.78 is 0. The Morgan fingerprint density at radius 1 is 1.38 bits per heavy atom. The van der Waals surface area contributed by atoms with E-state index in [0.29, 0.717) is 17.1 Å². The van der Waals surface area contributed by atoms with E-state index in [2.05, 4.69) is 31.1 Å².